The average Bonchev–Trinajstić information content (AvgIpc) is 3.70. The second-order valence-corrected chi connectivity index (χ2v) is 10.9. The smallest absolute Gasteiger partial charge is 0.337 e. The fourth-order valence-electron chi connectivity index (χ4n) is 5.94. The molecule has 2 aromatic heterocycles. The lowest BCUT2D eigenvalue weighted by atomic mass is 9.88. The Morgan fingerprint density at radius 1 is 0.848 bits per heavy atom. The van der Waals surface area contributed by atoms with Gasteiger partial charge in [0.25, 0.3) is 5.69 Å². The molecule has 0 saturated carbocycles. The van der Waals surface area contributed by atoms with E-state index in [0.29, 0.717) is 46.0 Å². The first kappa shape index (κ1) is 28.7. The number of methoxy groups -OCH3 is 1. The molecular formula is C37H28N4O5. The predicted octanol–water partition coefficient (Wildman–Crippen LogP) is 8.43. The van der Waals surface area contributed by atoms with Crippen LogP contribution in [0.2, 0.25) is 0 Å². The van der Waals surface area contributed by atoms with E-state index in [0.717, 1.165) is 17.5 Å². The first-order chi connectivity index (χ1) is 22.5. The molecule has 2 heterocycles. The second-order valence-electron chi connectivity index (χ2n) is 10.9. The zero-order chi connectivity index (χ0) is 31.6. The molecule has 0 aliphatic rings. The maximum atomic E-state index is 12.4. The fraction of sp³-hybridized carbons (Fsp3) is 0.108. The van der Waals surface area contributed by atoms with Crippen molar-refractivity contribution in [3.63, 3.8) is 0 Å². The van der Waals surface area contributed by atoms with Crippen molar-refractivity contribution in [2.75, 3.05) is 7.11 Å². The van der Waals surface area contributed by atoms with Gasteiger partial charge in [-0.3, -0.25) is 10.1 Å². The van der Waals surface area contributed by atoms with Gasteiger partial charge in [0.1, 0.15) is 11.3 Å². The minimum atomic E-state index is -0.440. The summed E-state index contributed by atoms with van der Waals surface area (Å²) in [6, 6.07) is 38.1. The number of carbonyl (C=O) groups excluding carboxylic acids is 1. The second kappa shape index (κ2) is 12.1. The average molecular weight is 609 g/mol. The SMILES string of the molecule is COC(=O)c1ccc2c(c1)nc(-c1cccc3nc(-c4ccc([N+](=O)[O-])cc4)oc13)n2CCC(c1ccccc1)c1ccccc1. The Labute approximate surface area is 263 Å². The van der Waals surface area contributed by atoms with Crippen LogP contribution in [0.4, 0.5) is 5.69 Å². The number of para-hydroxylation sites is 1. The van der Waals surface area contributed by atoms with Gasteiger partial charge >= 0.3 is 5.97 Å². The maximum absolute atomic E-state index is 12.4. The molecule has 0 fully saturated rings. The highest BCUT2D eigenvalue weighted by molar-refractivity contribution is 5.96. The van der Waals surface area contributed by atoms with Crippen LogP contribution in [0, 0.1) is 10.1 Å². The third-order valence-corrected chi connectivity index (χ3v) is 8.20. The summed E-state index contributed by atoms with van der Waals surface area (Å²) in [6.07, 6.45) is 0.783. The molecule has 0 spiro atoms. The number of hydrogen-bond donors (Lipinski definition) is 0. The molecule has 5 aromatic carbocycles. The summed E-state index contributed by atoms with van der Waals surface area (Å²) >= 11 is 0. The van der Waals surface area contributed by atoms with Gasteiger partial charge in [0.2, 0.25) is 5.89 Å². The molecule has 0 amide bonds. The largest absolute Gasteiger partial charge is 0.465 e. The van der Waals surface area contributed by atoms with Crippen LogP contribution in [-0.2, 0) is 11.3 Å². The highest BCUT2D eigenvalue weighted by Gasteiger charge is 2.22. The summed E-state index contributed by atoms with van der Waals surface area (Å²) in [5, 5.41) is 11.2. The molecule has 0 aliphatic heterocycles. The number of aryl methyl sites for hydroxylation is 1. The number of esters is 1. The number of ether oxygens (including phenoxy) is 1. The lowest BCUT2D eigenvalue weighted by Crippen LogP contribution is -2.08. The first-order valence-electron chi connectivity index (χ1n) is 14.8. The normalized spacial score (nSPS) is 11.3. The summed E-state index contributed by atoms with van der Waals surface area (Å²) in [5.41, 5.74) is 6.91. The van der Waals surface area contributed by atoms with E-state index in [-0.39, 0.29) is 11.6 Å². The van der Waals surface area contributed by atoms with Crippen LogP contribution >= 0.6 is 0 Å². The summed E-state index contributed by atoms with van der Waals surface area (Å²) < 4.78 is 13.5. The van der Waals surface area contributed by atoms with Crippen LogP contribution < -0.4 is 0 Å². The number of imidazole rings is 1. The molecule has 7 aromatic rings. The van der Waals surface area contributed by atoms with Crippen molar-refractivity contribution >= 4 is 33.8 Å². The molecule has 226 valence electrons. The Morgan fingerprint density at radius 3 is 2.20 bits per heavy atom. The highest BCUT2D eigenvalue weighted by Crippen LogP contribution is 2.36. The Morgan fingerprint density at radius 2 is 1.54 bits per heavy atom. The lowest BCUT2D eigenvalue weighted by Gasteiger charge is -2.19. The molecule has 9 nitrogen and oxygen atoms in total. The third kappa shape index (κ3) is 5.39. The fourth-order valence-corrected chi connectivity index (χ4v) is 5.94. The number of rotatable bonds is 9. The van der Waals surface area contributed by atoms with Gasteiger partial charge in [-0.1, -0.05) is 66.7 Å². The van der Waals surface area contributed by atoms with Gasteiger partial charge in [0.05, 0.1) is 34.2 Å². The monoisotopic (exact) mass is 608 g/mol. The van der Waals surface area contributed by atoms with Crippen molar-refractivity contribution in [1.29, 1.82) is 0 Å². The number of nitro groups is 1. The van der Waals surface area contributed by atoms with Crippen molar-refractivity contribution in [3.8, 4) is 22.8 Å². The van der Waals surface area contributed by atoms with Crippen molar-refractivity contribution in [3.05, 3.63) is 148 Å². The van der Waals surface area contributed by atoms with Gasteiger partial charge in [-0.25, -0.2) is 14.8 Å². The van der Waals surface area contributed by atoms with Gasteiger partial charge < -0.3 is 13.7 Å². The van der Waals surface area contributed by atoms with Crippen molar-refractivity contribution in [2.45, 2.75) is 18.9 Å². The predicted molar refractivity (Wildman–Crippen MR) is 176 cm³/mol. The zero-order valence-electron chi connectivity index (χ0n) is 24.9. The maximum Gasteiger partial charge on any atom is 0.337 e. The molecule has 0 saturated heterocycles. The third-order valence-electron chi connectivity index (χ3n) is 8.20. The number of fused-ring (bicyclic) bond motifs is 2. The van der Waals surface area contributed by atoms with Crippen LogP contribution in [0.3, 0.4) is 0 Å². The van der Waals surface area contributed by atoms with Gasteiger partial charge in [-0.05, 0) is 60.0 Å². The van der Waals surface area contributed by atoms with Crippen molar-refractivity contribution < 1.29 is 18.9 Å². The van der Waals surface area contributed by atoms with E-state index >= 15 is 0 Å². The molecule has 0 N–H and O–H groups in total. The minimum absolute atomic E-state index is 0.00935. The summed E-state index contributed by atoms with van der Waals surface area (Å²) in [5.74, 6) is 0.725. The van der Waals surface area contributed by atoms with Gasteiger partial charge in [-0.15, -0.1) is 0 Å². The number of hydrogen-bond acceptors (Lipinski definition) is 7. The highest BCUT2D eigenvalue weighted by atomic mass is 16.6. The molecule has 0 bridgehead atoms. The van der Waals surface area contributed by atoms with E-state index in [2.05, 4.69) is 53.1 Å². The van der Waals surface area contributed by atoms with Crippen LogP contribution in [0.25, 0.3) is 45.0 Å². The lowest BCUT2D eigenvalue weighted by molar-refractivity contribution is -0.384. The van der Waals surface area contributed by atoms with Crippen LogP contribution in [0.15, 0.2) is 126 Å². The molecule has 0 aliphatic carbocycles. The van der Waals surface area contributed by atoms with E-state index < -0.39 is 10.9 Å². The number of benzene rings is 5. The van der Waals surface area contributed by atoms with Gasteiger partial charge in [0.15, 0.2) is 5.58 Å². The Hall–Kier alpha value is -6.09. The van der Waals surface area contributed by atoms with Crippen molar-refractivity contribution in [1.82, 2.24) is 14.5 Å². The molecule has 9 heteroatoms. The van der Waals surface area contributed by atoms with E-state index in [1.807, 2.05) is 36.4 Å². The van der Waals surface area contributed by atoms with Crippen LogP contribution in [0.1, 0.15) is 33.8 Å². The van der Waals surface area contributed by atoms with E-state index in [1.165, 1.54) is 30.4 Å². The quantitative estimate of drug-likeness (QED) is 0.0918. The van der Waals surface area contributed by atoms with Gasteiger partial charge in [0, 0.05) is 30.2 Å². The van der Waals surface area contributed by atoms with Gasteiger partial charge in [-0.2, -0.15) is 0 Å². The number of nitrogens with zero attached hydrogens (tertiary/aromatic N) is 4. The number of aromatic nitrogens is 3. The van der Waals surface area contributed by atoms with E-state index in [9.17, 15) is 14.9 Å². The molecular weight excluding hydrogens is 580 g/mol. The standard InChI is InChI=1S/C37H28N4O5/c1-45-37(42)27-17-20-33-32(23-27)38-35(40(33)22-21-29(24-9-4-2-5-10-24)25-11-6-3-7-12-25)30-13-8-14-31-34(30)46-36(39-31)26-15-18-28(19-16-26)41(43)44/h2-20,23,29H,21-22H2,1H3. The number of nitro benzene ring substituents is 1. The molecule has 46 heavy (non-hydrogen) atoms. The molecule has 0 atom stereocenters. The van der Waals surface area contributed by atoms with E-state index in [1.54, 1.807) is 24.3 Å². The molecule has 0 unspecified atom stereocenters. The summed E-state index contributed by atoms with van der Waals surface area (Å²) in [7, 11) is 1.36. The molecule has 0 radical (unpaired) electrons. The van der Waals surface area contributed by atoms with E-state index in [4.69, 9.17) is 19.1 Å². The molecule has 7 rings (SSSR count). The van der Waals surface area contributed by atoms with Crippen molar-refractivity contribution in [2.24, 2.45) is 0 Å². The summed E-state index contributed by atoms with van der Waals surface area (Å²) in [4.78, 5) is 32.9. The van der Waals surface area contributed by atoms with Crippen LogP contribution in [0.5, 0.6) is 0 Å². The number of oxazole rings is 1. The Balaban J connectivity index is 1.35. The first-order valence-corrected chi connectivity index (χ1v) is 14.8. The Kier molecular flexibility index (Phi) is 7.56. The van der Waals surface area contributed by atoms with Crippen LogP contribution in [-0.4, -0.2) is 32.5 Å². The minimum Gasteiger partial charge on any atom is -0.465 e. The topological polar surface area (TPSA) is 113 Å². The summed E-state index contributed by atoms with van der Waals surface area (Å²) in [6.45, 7) is 0.623. The zero-order valence-corrected chi connectivity index (χ0v) is 24.9. The number of carbonyl (C=O) groups is 1. The number of non-ortho nitro benzene ring substituents is 1. The Bertz CT molecular complexity index is 2150.